The number of rotatable bonds is 5. The molecule has 1 atom stereocenters. The van der Waals surface area contributed by atoms with Crippen LogP contribution in [-0.4, -0.2) is 62.6 Å². The zero-order valence-electron chi connectivity index (χ0n) is 20.7. The number of anilines is 1. The van der Waals surface area contributed by atoms with Gasteiger partial charge < -0.3 is 19.3 Å². The molecule has 0 aromatic carbocycles. The smallest absolute Gasteiger partial charge is 0.350 e. The number of carbonyl (C=O) groups is 3. The van der Waals surface area contributed by atoms with Crippen LogP contribution in [0.25, 0.3) is 0 Å². The summed E-state index contributed by atoms with van der Waals surface area (Å²) in [6.45, 7) is 9.88. The Morgan fingerprint density at radius 2 is 1.97 bits per heavy atom. The first-order chi connectivity index (χ1) is 16.1. The summed E-state index contributed by atoms with van der Waals surface area (Å²) in [7, 11) is 1.31. The van der Waals surface area contributed by atoms with Crippen LogP contribution < -0.4 is 4.90 Å². The van der Waals surface area contributed by atoms with Crippen LogP contribution in [0.5, 0.6) is 0 Å². The van der Waals surface area contributed by atoms with Gasteiger partial charge in [0.25, 0.3) is 0 Å². The Labute approximate surface area is 206 Å². The third-order valence-corrected chi connectivity index (χ3v) is 6.86. The Kier molecular flexibility index (Phi) is 8.56. The van der Waals surface area contributed by atoms with E-state index in [1.54, 1.807) is 11.0 Å². The molecule has 0 radical (unpaired) electrons. The van der Waals surface area contributed by atoms with E-state index in [1.807, 2.05) is 20.8 Å². The van der Waals surface area contributed by atoms with Gasteiger partial charge in [0, 0.05) is 24.4 Å². The minimum absolute atomic E-state index is 0.134. The summed E-state index contributed by atoms with van der Waals surface area (Å²) in [5.41, 5.74) is 1.45. The van der Waals surface area contributed by atoms with Crippen molar-refractivity contribution in [2.24, 2.45) is 11.3 Å². The molecule has 2 heterocycles. The molecular weight excluding hydrogens is 452 g/mol. The van der Waals surface area contributed by atoms with Gasteiger partial charge in [0.2, 0.25) is 11.8 Å². The fourth-order valence-corrected chi connectivity index (χ4v) is 4.80. The molecule has 1 aromatic heterocycles. The normalized spacial score (nSPS) is 18.4. The molecule has 1 saturated heterocycles. The van der Waals surface area contributed by atoms with Crippen molar-refractivity contribution in [3.8, 4) is 11.8 Å². The Hall–Kier alpha value is -2.63. The van der Waals surface area contributed by atoms with Crippen LogP contribution in [-0.2, 0) is 19.1 Å². The second kappa shape index (κ2) is 11.2. The lowest BCUT2D eigenvalue weighted by Gasteiger charge is -2.32. The van der Waals surface area contributed by atoms with Gasteiger partial charge in [0.05, 0.1) is 30.9 Å². The Balaban J connectivity index is 2.00. The summed E-state index contributed by atoms with van der Waals surface area (Å²) in [5, 5.41) is 0. The molecule has 184 valence electrons. The minimum Gasteiger partial charge on any atom is -0.465 e. The summed E-state index contributed by atoms with van der Waals surface area (Å²) in [6.07, 6.45) is 4.28. The molecule has 1 aliphatic carbocycles. The SMILES string of the molecule is COC(=O)c1sc(C#CC(C)(C)C)cc1N(CC(=O)N1CCOCC1)C(=O)[C@@H]1CC=C(C)CC1. The standard InChI is InChI=1S/C26H34N2O5S/c1-18-6-8-19(9-7-18)24(30)28(17-22(29)27-12-14-33-15-13-27)21-16-20(10-11-26(2,3)4)34-23(21)25(31)32-5/h6,16,19H,7-9,12-15,17H2,1-5H3/t19-/m1/s1. The van der Waals surface area contributed by atoms with E-state index in [4.69, 9.17) is 9.47 Å². The molecular formula is C26H34N2O5S. The van der Waals surface area contributed by atoms with E-state index >= 15 is 0 Å². The van der Waals surface area contributed by atoms with Crippen LogP contribution in [0, 0.1) is 23.2 Å². The van der Waals surface area contributed by atoms with Crippen molar-refractivity contribution >= 4 is 34.8 Å². The van der Waals surface area contributed by atoms with Gasteiger partial charge in [-0.3, -0.25) is 9.59 Å². The molecule has 0 N–H and O–H groups in total. The summed E-state index contributed by atoms with van der Waals surface area (Å²) < 4.78 is 10.4. The predicted molar refractivity (Wildman–Crippen MR) is 133 cm³/mol. The van der Waals surface area contributed by atoms with Crippen molar-refractivity contribution in [2.45, 2.75) is 47.0 Å². The van der Waals surface area contributed by atoms with Crippen molar-refractivity contribution in [1.29, 1.82) is 0 Å². The predicted octanol–water partition coefficient (Wildman–Crippen LogP) is 3.87. The van der Waals surface area contributed by atoms with E-state index in [0.29, 0.717) is 43.3 Å². The molecule has 0 bridgehead atoms. The minimum atomic E-state index is -0.542. The molecule has 1 aromatic rings. The topological polar surface area (TPSA) is 76.2 Å². The van der Waals surface area contributed by atoms with E-state index < -0.39 is 5.97 Å². The molecule has 1 fully saturated rings. The maximum Gasteiger partial charge on any atom is 0.350 e. The highest BCUT2D eigenvalue weighted by Gasteiger charge is 2.33. The summed E-state index contributed by atoms with van der Waals surface area (Å²) in [5.74, 6) is 5.20. The monoisotopic (exact) mass is 486 g/mol. The lowest BCUT2D eigenvalue weighted by atomic mass is 9.89. The van der Waals surface area contributed by atoms with E-state index in [9.17, 15) is 14.4 Å². The third kappa shape index (κ3) is 6.71. The second-order valence-electron chi connectivity index (χ2n) is 9.76. The van der Waals surface area contributed by atoms with Gasteiger partial charge in [-0.05, 0) is 53.0 Å². The number of methoxy groups -OCH3 is 1. The van der Waals surface area contributed by atoms with Gasteiger partial charge in [0.15, 0.2) is 0 Å². The Bertz CT molecular complexity index is 1020. The summed E-state index contributed by atoms with van der Waals surface area (Å²) >= 11 is 1.19. The average Bonchev–Trinajstić information content (AvgIpc) is 3.25. The number of ether oxygens (including phenoxy) is 2. The van der Waals surface area contributed by atoms with Crippen LogP contribution in [0.3, 0.4) is 0 Å². The zero-order chi connectivity index (χ0) is 24.9. The third-order valence-electron chi connectivity index (χ3n) is 5.85. The van der Waals surface area contributed by atoms with E-state index in [-0.39, 0.29) is 34.6 Å². The van der Waals surface area contributed by atoms with Gasteiger partial charge in [-0.1, -0.05) is 23.5 Å². The highest BCUT2D eigenvalue weighted by Crippen LogP contribution is 2.34. The highest BCUT2D eigenvalue weighted by atomic mass is 32.1. The molecule has 0 spiro atoms. The van der Waals surface area contributed by atoms with Gasteiger partial charge in [-0.2, -0.15) is 0 Å². The molecule has 2 aliphatic rings. The largest absolute Gasteiger partial charge is 0.465 e. The quantitative estimate of drug-likeness (QED) is 0.359. The molecule has 0 unspecified atom stereocenters. The lowest BCUT2D eigenvalue weighted by Crippen LogP contribution is -2.48. The highest BCUT2D eigenvalue weighted by molar-refractivity contribution is 7.15. The van der Waals surface area contributed by atoms with Crippen molar-refractivity contribution in [3.63, 3.8) is 0 Å². The first-order valence-corrected chi connectivity index (χ1v) is 12.5. The summed E-state index contributed by atoms with van der Waals surface area (Å²) in [4.78, 5) is 43.7. The van der Waals surface area contributed by atoms with Crippen LogP contribution in [0.4, 0.5) is 5.69 Å². The van der Waals surface area contributed by atoms with E-state index in [0.717, 1.165) is 12.8 Å². The number of allylic oxidation sites excluding steroid dienone is 2. The second-order valence-corrected chi connectivity index (χ2v) is 10.8. The number of esters is 1. The molecule has 1 aliphatic heterocycles. The Morgan fingerprint density at radius 3 is 2.56 bits per heavy atom. The number of hydrogen-bond acceptors (Lipinski definition) is 6. The number of morpholine rings is 1. The maximum atomic E-state index is 13.7. The number of nitrogens with zero attached hydrogens (tertiary/aromatic N) is 2. The first-order valence-electron chi connectivity index (χ1n) is 11.7. The van der Waals surface area contributed by atoms with Crippen LogP contribution >= 0.6 is 11.3 Å². The van der Waals surface area contributed by atoms with Gasteiger partial charge in [-0.15, -0.1) is 11.3 Å². The zero-order valence-corrected chi connectivity index (χ0v) is 21.5. The lowest BCUT2D eigenvalue weighted by molar-refractivity contribution is -0.135. The van der Waals surface area contributed by atoms with Crippen molar-refractivity contribution in [3.05, 3.63) is 27.5 Å². The van der Waals surface area contributed by atoms with E-state index in [1.165, 1.54) is 28.9 Å². The number of hydrogen-bond donors (Lipinski definition) is 0. The van der Waals surface area contributed by atoms with Crippen LogP contribution in [0.1, 0.15) is 61.5 Å². The number of carbonyl (C=O) groups excluding carboxylic acids is 3. The average molecular weight is 487 g/mol. The van der Waals surface area contributed by atoms with Crippen LogP contribution in [0.2, 0.25) is 0 Å². The van der Waals surface area contributed by atoms with E-state index in [2.05, 4.69) is 24.8 Å². The molecule has 2 amide bonds. The molecule has 3 rings (SSSR count). The first kappa shape index (κ1) is 26.0. The van der Waals surface area contributed by atoms with Crippen molar-refractivity contribution in [2.75, 3.05) is 44.9 Å². The fraction of sp³-hybridized carbons (Fsp3) is 0.577. The molecule has 7 nitrogen and oxygen atoms in total. The van der Waals surface area contributed by atoms with Crippen LogP contribution in [0.15, 0.2) is 17.7 Å². The Morgan fingerprint density at radius 1 is 1.26 bits per heavy atom. The molecule has 8 heteroatoms. The molecule has 34 heavy (non-hydrogen) atoms. The molecule has 0 saturated carbocycles. The summed E-state index contributed by atoms with van der Waals surface area (Å²) in [6, 6.07) is 1.74. The number of thiophene rings is 1. The van der Waals surface area contributed by atoms with Gasteiger partial charge in [-0.25, -0.2) is 4.79 Å². The number of amides is 2. The van der Waals surface area contributed by atoms with Crippen molar-refractivity contribution in [1.82, 2.24) is 4.90 Å². The maximum absolute atomic E-state index is 13.7. The van der Waals surface area contributed by atoms with Crippen molar-refractivity contribution < 1.29 is 23.9 Å². The van der Waals surface area contributed by atoms with Gasteiger partial charge in [0.1, 0.15) is 11.4 Å². The van der Waals surface area contributed by atoms with Gasteiger partial charge >= 0.3 is 5.97 Å². The fourth-order valence-electron chi connectivity index (χ4n) is 3.87.